The summed E-state index contributed by atoms with van der Waals surface area (Å²) >= 11 is 7.96. The zero-order valence-electron chi connectivity index (χ0n) is 16.0. The van der Waals surface area contributed by atoms with E-state index in [9.17, 15) is 4.79 Å². The molecule has 0 unspecified atom stereocenters. The number of fused-ring (bicyclic) bond motifs is 1. The van der Waals surface area contributed by atoms with Crippen molar-refractivity contribution in [3.63, 3.8) is 0 Å². The van der Waals surface area contributed by atoms with Crippen molar-refractivity contribution in [2.24, 2.45) is 13.0 Å². The number of thioether (sulfide) groups is 1. The number of hydrogen-bond acceptors (Lipinski definition) is 7. The number of benzene rings is 1. The lowest BCUT2D eigenvalue weighted by atomic mass is 10.3. The molecule has 1 amide bonds. The van der Waals surface area contributed by atoms with Crippen LogP contribution in [0.4, 0.5) is 5.82 Å². The zero-order chi connectivity index (χ0) is 20.7. The molecule has 0 aliphatic heterocycles. The van der Waals surface area contributed by atoms with E-state index in [0.29, 0.717) is 27.7 Å². The molecule has 3 aromatic heterocycles. The highest BCUT2D eigenvalue weighted by Gasteiger charge is 2.29. The van der Waals surface area contributed by atoms with Crippen LogP contribution in [0.3, 0.4) is 0 Å². The first-order chi connectivity index (χ1) is 14.6. The van der Waals surface area contributed by atoms with Gasteiger partial charge in [0.2, 0.25) is 5.91 Å². The molecule has 11 heteroatoms. The van der Waals surface area contributed by atoms with Crippen molar-refractivity contribution in [3.05, 3.63) is 47.1 Å². The molecular weight excluding hydrogens is 424 g/mol. The van der Waals surface area contributed by atoms with Gasteiger partial charge in [-0.1, -0.05) is 40.6 Å². The molecule has 1 fully saturated rings. The third-order valence-electron chi connectivity index (χ3n) is 4.75. The van der Waals surface area contributed by atoms with Gasteiger partial charge in [0.25, 0.3) is 5.95 Å². The van der Waals surface area contributed by atoms with Crippen molar-refractivity contribution < 1.29 is 4.79 Å². The van der Waals surface area contributed by atoms with Crippen molar-refractivity contribution >= 4 is 46.1 Å². The van der Waals surface area contributed by atoms with Crippen LogP contribution in [0.5, 0.6) is 0 Å². The summed E-state index contributed by atoms with van der Waals surface area (Å²) in [6, 6.07) is 11.2. The third-order valence-corrected chi connectivity index (χ3v) is 6.03. The number of halogens is 1. The largest absolute Gasteiger partial charge is 0.310 e. The third kappa shape index (κ3) is 3.63. The van der Waals surface area contributed by atoms with Gasteiger partial charge in [-0.2, -0.15) is 0 Å². The maximum absolute atomic E-state index is 12.0. The molecule has 3 heterocycles. The minimum absolute atomic E-state index is 0.0403. The quantitative estimate of drug-likeness (QED) is 0.459. The van der Waals surface area contributed by atoms with E-state index in [4.69, 9.17) is 16.6 Å². The number of amides is 1. The number of para-hydroxylation sites is 1. The Balaban J connectivity index is 1.44. The first kappa shape index (κ1) is 19.0. The molecule has 0 saturated heterocycles. The molecule has 4 aromatic rings. The Hall–Kier alpha value is -2.98. The summed E-state index contributed by atoms with van der Waals surface area (Å²) in [5.74, 6) is 1.82. The molecule has 1 aliphatic rings. The van der Waals surface area contributed by atoms with Crippen LogP contribution in [0.15, 0.2) is 41.6 Å². The predicted octanol–water partition coefficient (Wildman–Crippen LogP) is 3.24. The Morgan fingerprint density at radius 2 is 2.07 bits per heavy atom. The number of carbonyl (C=O) groups excluding carboxylic acids is 1. The van der Waals surface area contributed by atoms with Gasteiger partial charge in [0.05, 0.1) is 21.7 Å². The molecule has 1 saturated carbocycles. The first-order valence-electron chi connectivity index (χ1n) is 9.39. The fraction of sp³-hybridized carbons (Fsp3) is 0.263. The minimum Gasteiger partial charge on any atom is -0.310 e. The number of nitrogens with one attached hydrogen (secondary N) is 1. The number of imidazole rings is 1. The Kier molecular flexibility index (Phi) is 4.87. The van der Waals surface area contributed by atoms with Crippen LogP contribution >= 0.6 is 23.4 Å². The number of carbonyl (C=O) groups is 1. The van der Waals surface area contributed by atoms with Gasteiger partial charge in [-0.25, -0.2) is 14.6 Å². The molecule has 152 valence electrons. The second-order valence-corrected chi connectivity index (χ2v) is 8.36. The summed E-state index contributed by atoms with van der Waals surface area (Å²) in [5.41, 5.74) is 2.33. The van der Waals surface area contributed by atoms with E-state index in [-0.39, 0.29) is 11.8 Å². The van der Waals surface area contributed by atoms with Crippen LogP contribution in [-0.2, 0) is 17.6 Å². The molecular formula is C19H17ClN8OS. The summed E-state index contributed by atoms with van der Waals surface area (Å²) in [4.78, 5) is 21.3. The van der Waals surface area contributed by atoms with Crippen molar-refractivity contribution in [3.8, 4) is 5.95 Å². The van der Waals surface area contributed by atoms with Gasteiger partial charge in [0.1, 0.15) is 5.82 Å². The molecule has 0 bridgehead atoms. The smallest absolute Gasteiger partial charge is 0.256 e. The molecule has 1 aromatic carbocycles. The number of pyridine rings is 1. The highest BCUT2D eigenvalue weighted by Crippen LogP contribution is 2.33. The number of rotatable bonds is 6. The summed E-state index contributed by atoms with van der Waals surface area (Å²) < 4.78 is 3.42. The molecule has 30 heavy (non-hydrogen) atoms. The van der Waals surface area contributed by atoms with Gasteiger partial charge in [0, 0.05) is 18.7 Å². The SMILES string of the molecule is Cn1nnnc1-n1c(SCc2cccc(NC(=O)C3CC3)n2)nc2cccc(Cl)c21. The van der Waals surface area contributed by atoms with E-state index in [1.54, 1.807) is 17.8 Å². The van der Waals surface area contributed by atoms with Crippen LogP contribution in [0.25, 0.3) is 17.0 Å². The lowest BCUT2D eigenvalue weighted by molar-refractivity contribution is -0.117. The van der Waals surface area contributed by atoms with Crippen LogP contribution in [0.1, 0.15) is 18.5 Å². The monoisotopic (exact) mass is 440 g/mol. The number of anilines is 1. The normalized spacial score (nSPS) is 13.7. The molecule has 0 radical (unpaired) electrons. The van der Waals surface area contributed by atoms with Crippen molar-refractivity contribution in [1.82, 2.24) is 34.7 Å². The van der Waals surface area contributed by atoms with E-state index in [2.05, 4.69) is 25.8 Å². The lowest BCUT2D eigenvalue weighted by Crippen LogP contribution is -2.14. The first-order valence-corrected chi connectivity index (χ1v) is 10.8. The highest BCUT2D eigenvalue weighted by molar-refractivity contribution is 7.98. The Bertz CT molecular complexity index is 1250. The van der Waals surface area contributed by atoms with E-state index in [0.717, 1.165) is 29.6 Å². The summed E-state index contributed by atoms with van der Waals surface area (Å²) in [6.45, 7) is 0. The number of aryl methyl sites for hydroxylation is 1. The minimum atomic E-state index is 0.0403. The second kappa shape index (κ2) is 7.69. The molecule has 0 spiro atoms. The van der Waals surface area contributed by atoms with Gasteiger partial charge in [-0.3, -0.25) is 9.36 Å². The maximum atomic E-state index is 12.0. The number of hydrogen-bond donors (Lipinski definition) is 1. The van der Waals surface area contributed by atoms with Gasteiger partial charge in [0.15, 0.2) is 5.16 Å². The number of tetrazole rings is 1. The summed E-state index contributed by atoms with van der Waals surface area (Å²) in [6.07, 6.45) is 1.91. The van der Waals surface area contributed by atoms with Gasteiger partial charge >= 0.3 is 0 Å². The van der Waals surface area contributed by atoms with Crippen molar-refractivity contribution in [1.29, 1.82) is 0 Å². The molecule has 9 nitrogen and oxygen atoms in total. The Labute approximate surface area is 180 Å². The highest BCUT2D eigenvalue weighted by atomic mass is 35.5. The van der Waals surface area contributed by atoms with Crippen molar-refractivity contribution in [2.75, 3.05) is 5.32 Å². The fourth-order valence-corrected chi connectivity index (χ4v) is 4.26. The van der Waals surface area contributed by atoms with Gasteiger partial charge in [-0.05, 0) is 47.5 Å². The van der Waals surface area contributed by atoms with Crippen LogP contribution in [0, 0.1) is 5.92 Å². The van der Waals surface area contributed by atoms with Gasteiger partial charge in [-0.15, -0.1) is 0 Å². The fourth-order valence-electron chi connectivity index (χ4n) is 3.10. The topological polar surface area (TPSA) is 103 Å². The predicted molar refractivity (Wildman–Crippen MR) is 114 cm³/mol. The van der Waals surface area contributed by atoms with Crippen LogP contribution < -0.4 is 5.32 Å². The van der Waals surface area contributed by atoms with Crippen molar-refractivity contribution in [2.45, 2.75) is 23.8 Å². The molecule has 5 rings (SSSR count). The Morgan fingerprint density at radius 3 is 2.83 bits per heavy atom. The van der Waals surface area contributed by atoms with E-state index < -0.39 is 0 Å². The van der Waals surface area contributed by atoms with E-state index in [1.165, 1.54) is 11.8 Å². The summed E-state index contributed by atoms with van der Waals surface area (Å²) in [5, 5.41) is 15.9. The summed E-state index contributed by atoms with van der Waals surface area (Å²) in [7, 11) is 1.76. The Morgan fingerprint density at radius 1 is 1.23 bits per heavy atom. The lowest BCUT2D eigenvalue weighted by Gasteiger charge is -2.08. The van der Waals surface area contributed by atoms with Crippen LogP contribution in [-0.4, -0.2) is 40.6 Å². The maximum Gasteiger partial charge on any atom is 0.256 e. The standard InChI is InChI=1S/C19H17ClN8OS/c1-27-18(24-25-26-27)28-16-13(20)5-3-6-14(16)22-19(28)30-10-12-4-2-7-15(21-12)23-17(29)11-8-9-11/h2-7,11H,8-10H2,1H3,(H,21,23,29). The average Bonchev–Trinajstić information content (AvgIpc) is 3.40. The van der Waals surface area contributed by atoms with Gasteiger partial charge < -0.3 is 5.32 Å². The second-order valence-electron chi connectivity index (χ2n) is 7.01. The molecule has 1 aliphatic carbocycles. The zero-order valence-corrected chi connectivity index (χ0v) is 17.6. The van der Waals surface area contributed by atoms with Crippen LogP contribution in [0.2, 0.25) is 5.02 Å². The number of aromatic nitrogens is 7. The van der Waals surface area contributed by atoms with E-state index >= 15 is 0 Å². The van der Waals surface area contributed by atoms with E-state index in [1.807, 2.05) is 34.9 Å². The number of nitrogens with zero attached hydrogens (tertiary/aromatic N) is 7. The molecule has 1 N–H and O–H groups in total. The average molecular weight is 441 g/mol. The molecule has 0 atom stereocenters.